The number of nitrogens with zero attached hydrogens (tertiary/aromatic N) is 15. The monoisotopic (exact) mass is 1720 g/mol. The van der Waals surface area contributed by atoms with Crippen LogP contribution in [0.4, 0.5) is 48.8 Å². The van der Waals surface area contributed by atoms with Crippen LogP contribution in [0.5, 0.6) is 0 Å². The smallest absolute Gasteiger partial charge is 0.328 e. The van der Waals surface area contributed by atoms with Gasteiger partial charge in [-0.25, -0.2) is 43.2 Å². The topological polar surface area (TPSA) is 453 Å². The van der Waals surface area contributed by atoms with Crippen molar-refractivity contribution in [2.45, 2.75) is 286 Å². The maximum absolute atomic E-state index is 12.2. The molecule has 9 unspecified atom stereocenters. The summed E-state index contributed by atoms with van der Waals surface area (Å²) in [5, 5.41) is 78.0. The highest BCUT2D eigenvalue weighted by molar-refractivity contribution is 6.15. The highest BCUT2D eigenvalue weighted by Gasteiger charge is 2.49. The van der Waals surface area contributed by atoms with Crippen LogP contribution in [-0.4, -0.2) is 323 Å². The molecule has 1 aromatic carbocycles. The van der Waals surface area contributed by atoms with Gasteiger partial charge in [-0.05, 0) is 141 Å². The van der Waals surface area contributed by atoms with E-state index in [-0.39, 0.29) is 156 Å². The third-order valence-electron chi connectivity index (χ3n) is 22.5. The zero-order valence-corrected chi connectivity index (χ0v) is 80.8. The highest BCUT2D eigenvalue weighted by atomic mass is 16.2. The van der Waals surface area contributed by atoms with Gasteiger partial charge in [0.1, 0.15) is 52.5 Å². The van der Waals surface area contributed by atoms with E-state index in [1.54, 1.807) is 81.5 Å². The first-order chi connectivity index (χ1) is 56.9. The summed E-state index contributed by atoms with van der Waals surface area (Å²) >= 11 is 0. The number of carbonyl (C=O) groups is 9. The number of rotatable bonds is 20. The highest BCUT2D eigenvalue weighted by Crippen LogP contribution is 2.33. The van der Waals surface area contributed by atoms with Crippen molar-refractivity contribution in [3.8, 4) is 0 Å². The Kier molecular flexibility index (Phi) is 42.0. The van der Waals surface area contributed by atoms with Gasteiger partial charge in [0, 0.05) is 98.8 Å². The number of carbonyl (C=O) groups excluding carboxylic acids is 9. The van der Waals surface area contributed by atoms with E-state index in [0.29, 0.717) is 102 Å². The van der Waals surface area contributed by atoms with Crippen LogP contribution in [0.1, 0.15) is 214 Å². The zero-order valence-electron chi connectivity index (χ0n) is 80.8. The number of urea groups is 9. The van der Waals surface area contributed by atoms with E-state index in [4.69, 9.17) is 48.7 Å². The van der Waals surface area contributed by atoms with Gasteiger partial charge in [-0.1, -0.05) is 157 Å². The van der Waals surface area contributed by atoms with Crippen LogP contribution >= 0.6 is 0 Å². The second-order valence-electron chi connectivity index (χ2n) is 36.0. The van der Waals surface area contributed by atoms with Crippen LogP contribution in [0.3, 0.4) is 0 Å². The Morgan fingerprint density at radius 2 is 0.683 bits per heavy atom. The molecule has 0 radical (unpaired) electrons. The number of para-hydroxylation sites is 1. The molecule has 9 aliphatic heterocycles. The molecular weight excluding hydrogens is 1570 g/mol. The van der Waals surface area contributed by atoms with Crippen LogP contribution in [-0.2, 0) is 0 Å². The fraction of sp³-hybridized carbons (Fsp3) is 0.724. The number of nitrogens with one attached hydrogen (secondary N) is 12. The molecule has 9 fully saturated rings. The first-order valence-electron chi connectivity index (χ1n) is 43.8. The van der Waals surface area contributed by atoms with E-state index in [9.17, 15) is 43.2 Å². The molecule has 9 heterocycles. The normalized spacial score (nSPS) is 22.9. The predicted molar refractivity (Wildman–Crippen MR) is 493 cm³/mol. The number of amides is 18. The molecule has 9 saturated heterocycles. The maximum atomic E-state index is 12.2. The van der Waals surface area contributed by atoms with Gasteiger partial charge in [0.05, 0.1) is 54.4 Å². The number of amidine groups is 9. The molecule has 123 heavy (non-hydrogen) atoms. The average Bonchev–Trinajstić information content (AvgIpc) is 1.62. The van der Waals surface area contributed by atoms with Crippen LogP contribution in [0.25, 0.3) is 0 Å². The van der Waals surface area contributed by atoms with Crippen molar-refractivity contribution in [2.75, 3.05) is 79.9 Å². The summed E-state index contributed by atoms with van der Waals surface area (Å²) in [6, 6.07) is 8.45. The standard InChI is InChI=1S/C13H17N3O.2C12H23N3O.2C10H19N3O.C9H17N3O.C8H15N3O.C7H13N3O.C6H11N3O/c1-9(2)11-12(14)15(3)13(17)16(11)10-7-5-4-6-8-10;1-7(2)10-11(13)15(9(5)6)12(16)14(10)8(3)4;1-5-7-14-10(9(3)4)11(13)15(8-6-2)12(14)16;1-6(2)8-9(11)12(5)10(14)13(8)7(3)4;1-5-12-8(7(3)4)9(11)13(6-2)10(12)14;1-5-12-7(6(2)3)8(10)11(4)9(12)13;1-5(2)6-7(9)11(4)8(12)10(6)3;1-4(2)5-6(8)10(3)7(11)9-5;1-3(2)4-5(7)9-6(10)8-4/h4-9,11,14H,1-3H3;7-10,13H,1-6H3;9-10,13H,5-8H2,1-4H3;6-8,11H,1-5H3;7-8,11H,5-6H2,1-4H3;6-7,10H,5H2,1-4H3;5-6,9H,1-4H3;4-5,8H,1-3H3,(H,9,11);3-4H,1-2H3,(H3,7,8,9,10). The van der Waals surface area contributed by atoms with Crippen molar-refractivity contribution >= 4 is 112 Å². The zero-order chi connectivity index (χ0) is 95.4. The SMILES string of the molecule is CC(C)C1C(=N)N(C(C)C)C(=O)N1C(C)C.CC(C)C1C(=N)N(C)C(=O)N1C.CC(C)C1C(=N)N(C)C(=O)N1C(C)C.CC(C)C1C(=N)N(C)C(=O)N1c1ccccc1.CC(C)C1NC(=O)N(C)C1=N.CC(C)C1NC(=O)NC1=N.CCCN1C(=N)C(C(C)C)N(CCC)C1=O.CCN1C(=N)C(C(C)C)N(CC)C1=O.CCN1C(=O)N(C)C(=N)C1C(C)C. The van der Waals surface area contributed by atoms with E-state index in [1.165, 1.54) is 24.5 Å². The van der Waals surface area contributed by atoms with E-state index in [2.05, 4.69) is 50.6 Å². The van der Waals surface area contributed by atoms with Crippen molar-refractivity contribution in [2.24, 2.45) is 53.3 Å². The Labute approximate surface area is 735 Å². The molecule has 694 valence electrons. The lowest BCUT2D eigenvalue weighted by Crippen LogP contribution is -2.43. The lowest BCUT2D eigenvalue weighted by atomic mass is 10.0. The van der Waals surface area contributed by atoms with Gasteiger partial charge in [-0.3, -0.25) is 98.1 Å². The summed E-state index contributed by atoms with van der Waals surface area (Å²) in [7, 11) is 9.98. The third kappa shape index (κ3) is 25.5. The van der Waals surface area contributed by atoms with Gasteiger partial charge in [0.25, 0.3) is 0 Å². The van der Waals surface area contributed by atoms with Gasteiger partial charge in [0.15, 0.2) is 0 Å². The molecule has 18 amide bonds. The minimum Gasteiger partial charge on any atom is -0.328 e. The van der Waals surface area contributed by atoms with Crippen LogP contribution < -0.4 is 20.9 Å². The van der Waals surface area contributed by atoms with Gasteiger partial charge < -0.3 is 40.0 Å². The molecule has 9 atom stereocenters. The summed E-state index contributed by atoms with van der Waals surface area (Å²) in [5.74, 6) is 6.22. The third-order valence-corrected chi connectivity index (χ3v) is 22.5. The van der Waals surface area contributed by atoms with E-state index >= 15 is 0 Å². The number of benzene rings is 1. The van der Waals surface area contributed by atoms with Gasteiger partial charge in [-0.15, -0.1) is 0 Å². The minimum atomic E-state index is -0.260. The fourth-order valence-electron chi connectivity index (χ4n) is 16.1. The molecule has 36 nitrogen and oxygen atoms in total. The van der Waals surface area contributed by atoms with Gasteiger partial charge in [-0.2, -0.15) is 0 Å². The number of hydrogen-bond acceptors (Lipinski definition) is 18. The molecule has 10 rings (SSSR count). The molecule has 12 N–H and O–H groups in total. The van der Waals surface area contributed by atoms with Crippen molar-refractivity contribution < 1.29 is 43.2 Å². The van der Waals surface area contributed by atoms with Crippen molar-refractivity contribution in [3.63, 3.8) is 0 Å². The molecule has 9 aliphatic rings. The van der Waals surface area contributed by atoms with Crippen molar-refractivity contribution in [1.29, 1.82) is 48.7 Å². The lowest BCUT2D eigenvalue weighted by Gasteiger charge is -2.28. The summed E-state index contributed by atoms with van der Waals surface area (Å²) in [4.78, 5) is 129. The molecule has 0 bridgehead atoms. The van der Waals surface area contributed by atoms with Gasteiger partial charge >= 0.3 is 54.3 Å². The molecule has 0 spiro atoms. The van der Waals surface area contributed by atoms with Crippen molar-refractivity contribution in [1.82, 2.24) is 84.5 Å². The van der Waals surface area contributed by atoms with Crippen LogP contribution in [0.15, 0.2) is 30.3 Å². The molecular formula is C87H157N27O9. The lowest BCUT2D eigenvalue weighted by molar-refractivity contribution is 0.159. The van der Waals surface area contributed by atoms with Crippen LogP contribution in [0.2, 0.25) is 0 Å². The Morgan fingerprint density at radius 1 is 0.317 bits per heavy atom. The van der Waals surface area contributed by atoms with Crippen molar-refractivity contribution in [3.05, 3.63) is 30.3 Å². The average molecular weight is 1730 g/mol. The van der Waals surface area contributed by atoms with Crippen LogP contribution in [0, 0.1) is 102 Å². The number of hydrogen-bond donors (Lipinski definition) is 12. The quantitative estimate of drug-likeness (QED) is 0.0589. The summed E-state index contributed by atoms with van der Waals surface area (Å²) in [5.41, 5.74) is 0.852. The van der Waals surface area contributed by atoms with E-state index < -0.39 is 0 Å². The number of anilines is 1. The minimum absolute atomic E-state index is 0.0151. The molecule has 36 heteroatoms. The summed E-state index contributed by atoms with van der Waals surface area (Å²) in [6.45, 7) is 61.7. The Morgan fingerprint density at radius 3 is 0.992 bits per heavy atom. The Hall–Kier alpha value is -10.3. The van der Waals surface area contributed by atoms with E-state index in [1.807, 2.05) is 206 Å². The first kappa shape index (κ1) is 109. The van der Waals surface area contributed by atoms with Gasteiger partial charge in [0.2, 0.25) is 0 Å². The maximum Gasteiger partial charge on any atom is 0.330 e. The number of likely N-dealkylation sites (N-methyl/N-ethyl adjacent to an activating group) is 9. The molecule has 0 saturated carbocycles. The molecule has 1 aromatic rings. The second-order valence-corrected chi connectivity index (χ2v) is 36.0. The Balaban J connectivity index is 0.000000471. The fourth-order valence-corrected chi connectivity index (χ4v) is 16.1. The van der Waals surface area contributed by atoms with E-state index in [0.717, 1.165) is 25.1 Å². The largest absolute Gasteiger partial charge is 0.330 e. The summed E-state index contributed by atoms with van der Waals surface area (Å²) in [6.07, 6.45) is 1.85. The molecule has 0 aliphatic carbocycles. The second kappa shape index (κ2) is 47.5. The first-order valence-corrected chi connectivity index (χ1v) is 43.8. The Bertz CT molecular complexity index is 3840. The molecule has 0 aromatic heterocycles. The predicted octanol–water partition coefficient (Wildman–Crippen LogP) is 14.5. The summed E-state index contributed by atoms with van der Waals surface area (Å²) < 4.78 is 0.